The molecule has 24 heavy (non-hydrogen) atoms. The quantitative estimate of drug-likeness (QED) is 0.858. The Hall–Kier alpha value is -2.61. The minimum atomic E-state index is 0.485. The van der Waals surface area contributed by atoms with E-state index in [0.29, 0.717) is 23.5 Å². The summed E-state index contributed by atoms with van der Waals surface area (Å²) >= 11 is 0. The Bertz CT molecular complexity index is 770. The summed E-state index contributed by atoms with van der Waals surface area (Å²) in [4.78, 5) is 9.35. The summed E-state index contributed by atoms with van der Waals surface area (Å²) in [6.45, 7) is 0. The summed E-state index contributed by atoms with van der Waals surface area (Å²) in [6.07, 6.45) is 7.34. The van der Waals surface area contributed by atoms with Gasteiger partial charge in [0, 0.05) is 18.0 Å². The normalized spacial score (nSPS) is 17.5. The van der Waals surface area contributed by atoms with Crippen LogP contribution in [-0.2, 0) is 0 Å². The third kappa shape index (κ3) is 3.33. The molecule has 2 fully saturated rings. The standard InChI is InChI=1S/C19H21N5/c20-12-14-5-1-4-8-16(14)22-18-11-17(13-9-10-13)23-19(24-18)21-15-6-2-3-7-15/h1,4-5,8,11,13,15H,2-3,6-7,9-10H2,(H2,21,22,23,24). The predicted molar refractivity (Wildman–Crippen MR) is 94.3 cm³/mol. The summed E-state index contributed by atoms with van der Waals surface area (Å²) < 4.78 is 0. The first-order valence-corrected chi connectivity index (χ1v) is 8.73. The summed E-state index contributed by atoms with van der Waals surface area (Å²) in [5.41, 5.74) is 2.50. The number of nitrogens with one attached hydrogen (secondary N) is 2. The second-order valence-electron chi connectivity index (χ2n) is 6.68. The zero-order valence-corrected chi connectivity index (χ0v) is 13.6. The molecule has 2 aliphatic rings. The molecule has 0 amide bonds. The van der Waals surface area contributed by atoms with Crippen molar-refractivity contribution >= 4 is 17.5 Å². The van der Waals surface area contributed by atoms with Gasteiger partial charge in [-0.1, -0.05) is 25.0 Å². The van der Waals surface area contributed by atoms with Gasteiger partial charge in [0.05, 0.1) is 16.9 Å². The molecule has 122 valence electrons. The van der Waals surface area contributed by atoms with Gasteiger partial charge >= 0.3 is 0 Å². The molecule has 0 saturated heterocycles. The first kappa shape index (κ1) is 14.9. The van der Waals surface area contributed by atoms with Crippen LogP contribution >= 0.6 is 0 Å². The molecule has 4 rings (SSSR count). The molecule has 2 N–H and O–H groups in total. The molecule has 5 heteroatoms. The Labute approximate surface area is 142 Å². The molecule has 0 unspecified atom stereocenters. The first-order chi connectivity index (χ1) is 11.8. The fourth-order valence-electron chi connectivity index (χ4n) is 3.26. The maximum Gasteiger partial charge on any atom is 0.225 e. The van der Waals surface area contributed by atoms with E-state index >= 15 is 0 Å². The van der Waals surface area contributed by atoms with Crippen LogP contribution in [0.5, 0.6) is 0 Å². The van der Waals surface area contributed by atoms with Gasteiger partial charge in [-0.25, -0.2) is 4.98 Å². The summed E-state index contributed by atoms with van der Waals surface area (Å²) in [6, 6.07) is 12.2. The SMILES string of the molecule is N#Cc1ccccc1Nc1cc(C2CC2)nc(NC2CCCC2)n1. The highest BCUT2D eigenvalue weighted by molar-refractivity contribution is 5.65. The Morgan fingerprint density at radius 3 is 2.58 bits per heavy atom. The number of benzene rings is 1. The monoisotopic (exact) mass is 319 g/mol. The lowest BCUT2D eigenvalue weighted by Gasteiger charge is -2.15. The number of nitrogens with zero attached hydrogens (tertiary/aromatic N) is 3. The van der Waals surface area contributed by atoms with Crippen molar-refractivity contribution in [3.63, 3.8) is 0 Å². The number of rotatable bonds is 5. The molecule has 1 aromatic carbocycles. The van der Waals surface area contributed by atoms with Gasteiger partial charge in [0.2, 0.25) is 5.95 Å². The average molecular weight is 319 g/mol. The Kier molecular flexibility index (Phi) is 4.04. The molecule has 5 nitrogen and oxygen atoms in total. The van der Waals surface area contributed by atoms with Crippen molar-refractivity contribution in [2.75, 3.05) is 10.6 Å². The third-order valence-electron chi connectivity index (χ3n) is 4.74. The Balaban J connectivity index is 1.61. The number of aromatic nitrogens is 2. The minimum absolute atomic E-state index is 0.485. The third-order valence-corrected chi connectivity index (χ3v) is 4.74. The molecular formula is C19H21N5. The van der Waals surface area contributed by atoms with Gasteiger partial charge in [0.15, 0.2) is 0 Å². The predicted octanol–water partition coefficient (Wildman–Crippen LogP) is 4.32. The van der Waals surface area contributed by atoms with Crippen molar-refractivity contribution in [3.8, 4) is 6.07 Å². The van der Waals surface area contributed by atoms with Gasteiger partial charge in [0.1, 0.15) is 11.9 Å². The minimum Gasteiger partial charge on any atom is -0.351 e. The molecule has 0 spiro atoms. The molecule has 0 bridgehead atoms. The van der Waals surface area contributed by atoms with Crippen LogP contribution in [0.4, 0.5) is 17.5 Å². The van der Waals surface area contributed by atoms with Crippen molar-refractivity contribution in [2.45, 2.75) is 50.5 Å². The molecule has 0 aliphatic heterocycles. The van der Waals surface area contributed by atoms with Crippen molar-refractivity contribution in [1.29, 1.82) is 5.26 Å². The van der Waals surface area contributed by atoms with E-state index in [4.69, 9.17) is 4.98 Å². The average Bonchev–Trinajstić information content (AvgIpc) is 3.33. The van der Waals surface area contributed by atoms with Gasteiger partial charge in [0.25, 0.3) is 0 Å². The lowest BCUT2D eigenvalue weighted by Crippen LogP contribution is -2.17. The Morgan fingerprint density at radius 1 is 1.04 bits per heavy atom. The van der Waals surface area contributed by atoms with E-state index in [1.807, 2.05) is 30.3 Å². The van der Waals surface area contributed by atoms with Crippen molar-refractivity contribution < 1.29 is 0 Å². The largest absolute Gasteiger partial charge is 0.351 e. The van der Waals surface area contributed by atoms with Gasteiger partial charge < -0.3 is 10.6 Å². The highest BCUT2D eigenvalue weighted by Gasteiger charge is 2.27. The zero-order chi connectivity index (χ0) is 16.4. The van der Waals surface area contributed by atoms with Crippen LogP contribution in [0.2, 0.25) is 0 Å². The smallest absolute Gasteiger partial charge is 0.225 e. The molecule has 0 radical (unpaired) electrons. The van der Waals surface area contributed by atoms with Gasteiger partial charge in [-0.2, -0.15) is 10.2 Å². The Morgan fingerprint density at radius 2 is 1.83 bits per heavy atom. The summed E-state index contributed by atoms with van der Waals surface area (Å²) in [5.74, 6) is 2.03. The van der Waals surface area contributed by atoms with Crippen molar-refractivity contribution in [1.82, 2.24) is 9.97 Å². The number of hydrogen-bond acceptors (Lipinski definition) is 5. The van der Waals surface area contributed by atoms with E-state index < -0.39 is 0 Å². The lowest BCUT2D eigenvalue weighted by atomic mass is 10.2. The van der Waals surface area contributed by atoms with Crippen LogP contribution in [0, 0.1) is 11.3 Å². The maximum absolute atomic E-state index is 9.26. The van der Waals surface area contributed by atoms with Gasteiger partial charge in [-0.3, -0.25) is 0 Å². The molecule has 1 heterocycles. The molecule has 2 aromatic rings. The van der Waals surface area contributed by atoms with Crippen LogP contribution in [0.1, 0.15) is 55.7 Å². The first-order valence-electron chi connectivity index (χ1n) is 8.73. The second-order valence-corrected chi connectivity index (χ2v) is 6.68. The van der Waals surface area contributed by atoms with Crippen LogP contribution in [0.15, 0.2) is 30.3 Å². The molecule has 2 saturated carbocycles. The summed E-state index contributed by atoms with van der Waals surface area (Å²) in [5, 5.41) is 16.0. The van der Waals surface area contributed by atoms with Crippen molar-refractivity contribution in [2.24, 2.45) is 0 Å². The number of hydrogen-bond donors (Lipinski definition) is 2. The van der Waals surface area contributed by atoms with Crippen LogP contribution in [0.25, 0.3) is 0 Å². The highest BCUT2D eigenvalue weighted by Crippen LogP contribution is 2.40. The summed E-state index contributed by atoms with van der Waals surface area (Å²) in [7, 11) is 0. The fraction of sp³-hybridized carbons (Fsp3) is 0.421. The van der Waals surface area contributed by atoms with Crippen LogP contribution in [0.3, 0.4) is 0 Å². The maximum atomic E-state index is 9.26. The van der Waals surface area contributed by atoms with Crippen LogP contribution < -0.4 is 10.6 Å². The second kappa shape index (κ2) is 6.48. The molecule has 0 atom stereocenters. The zero-order valence-electron chi connectivity index (χ0n) is 13.6. The van der Waals surface area contributed by atoms with Crippen molar-refractivity contribution in [3.05, 3.63) is 41.6 Å². The van der Waals surface area contributed by atoms with Gasteiger partial charge in [-0.05, 0) is 37.8 Å². The molecule has 2 aliphatic carbocycles. The number of anilines is 3. The lowest BCUT2D eigenvalue weighted by molar-refractivity contribution is 0.742. The van der Waals surface area contributed by atoms with E-state index in [1.54, 1.807) is 0 Å². The number of nitriles is 1. The topological polar surface area (TPSA) is 73.6 Å². The van der Waals surface area contributed by atoms with Gasteiger partial charge in [-0.15, -0.1) is 0 Å². The highest BCUT2D eigenvalue weighted by atomic mass is 15.2. The molecular weight excluding hydrogens is 298 g/mol. The van der Waals surface area contributed by atoms with Crippen LogP contribution in [-0.4, -0.2) is 16.0 Å². The molecule has 1 aromatic heterocycles. The number of para-hydroxylation sites is 1. The van der Waals surface area contributed by atoms with E-state index in [1.165, 1.54) is 38.5 Å². The van der Waals surface area contributed by atoms with E-state index in [2.05, 4.69) is 21.7 Å². The fourth-order valence-corrected chi connectivity index (χ4v) is 3.26. The van der Waals surface area contributed by atoms with E-state index in [0.717, 1.165) is 17.2 Å². The van der Waals surface area contributed by atoms with E-state index in [9.17, 15) is 5.26 Å². The van der Waals surface area contributed by atoms with E-state index in [-0.39, 0.29) is 0 Å².